The highest BCUT2D eigenvalue weighted by atomic mass is 16.2. The normalized spacial score (nSPS) is 14.0. The van der Waals surface area contributed by atoms with Gasteiger partial charge in [0.2, 0.25) is 5.91 Å². The Balaban J connectivity index is 1.54. The molecule has 3 amide bonds. The van der Waals surface area contributed by atoms with Crippen LogP contribution in [0.5, 0.6) is 0 Å². The fourth-order valence-electron chi connectivity index (χ4n) is 3.60. The lowest BCUT2D eigenvalue weighted by Crippen LogP contribution is -2.49. The Kier molecular flexibility index (Phi) is 7.28. The second-order valence-electron chi connectivity index (χ2n) is 7.49. The molecule has 0 atom stereocenters. The second kappa shape index (κ2) is 10.3. The molecule has 0 aliphatic carbocycles. The summed E-state index contributed by atoms with van der Waals surface area (Å²) in [6.07, 6.45) is 1.80. The zero-order valence-electron chi connectivity index (χ0n) is 17.0. The molecular formula is C23H27N5O2. The number of hydrogen-bond donors (Lipinski definition) is 2. The summed E-state index contributed by atoms with van der Waals surface area (Å²) in [5, 5.41) is 12.0. The lowest BCUT2D eigenvalue weighted by molar-refractivity contribution is -0.118. The molecule has 0 aromatic heterocycles. The lowest BCUT2D eigenvalue weighted by Gasteiger charge is -2.35. The second-order valence-corrected chi connectivity index (χ2v) is 7.49. The van der Waals surface area contributed by atoms with Gasteiger partial charge in [0.15, 0.2) is 0 Å². The monoisotopic (exact) mass is 405 g/mol. The van der Waals surface area contributed by atoms with Crippen LogP contribution in [0.3, 0.4) is 0 Å². The average Bonchev–Trinajstić information content (AvgIpc) is 2.77. The third-order valence-corrected chi connectivity index (χ3v) is 5.32. The van der Waals surface area contributed by atoms with E-state index in [-0.39, 0.29) is 18.5 Å². The topological polar surface area (TPSA) is 102 Å². The fourth-order valence-corrected chi connectivity index (χ4v) is 3.60. The van der Waals surface area contributed by atoms with Crippen LogP contribution in [0.2, 0.25) is 0 Å². The van der Waals surface area contributed by atoms with Gasteiger partial charge in [0, 0.05) is 44.3 Å². The summed E-state index contributed by atoms with van der Waals surface area (Å²) in [5.74, 6) is -0.420. The minimum absolute atomic E-state index is 0.0824. The molecule has 30 heavy (non-hydrogen) atoms. The fraction of sp³-hybridized carbons (Fsp3) is 0.348. The number of rotatable bonds is 7. The van der Waals surface area contributed by atoms with Crippen LogP contribution in [0, 0.1) is 11.3 Å². The van der Waals surface area contributed by atoms with E-state index < -0.39 is 5.91 Å². The van der Waals surface area contributed by atoms with Gasteiger partial charge in [-0.3, -0.25) is 4.79 Å². The lowest BCUT2D eigenvalue weighted by atomic mass is 10.0. The van der Waals surface area contributed by atoms with Crippen LogP contribution < -0.4 is 16.0 Å². The molecular weight excluding hydrogens is 378 g/mol. The molecule has 2 aromatic carbocycles. The van der Waals surface area contributed by atoms with Gasteiger partial charge in [0.25, 0.3) is 0 Å². The quantitative estimate of drug-likeness (QED) is 0.739. The Hall–Kier alpha value is -3.53. The van der Waals surface area contributed by atoms with E-state index in [0.717, 1.165) is 37.2 Å². The Bertz CT molecular complexity index is 884. The minimum atomic E-state index is -0.420. The van der Waals surface area contributed by atoms with Gasteiger partial charge in [0.05, 0.1) is 11.6 Å². The predicted molar refractivity (Wildman–Crippen MR) is 116 cm³/mol. The van der Waals surface area contributed by atoms with Crippen LogP contribution in [0.1, 0.15) is 30.4 Å². The number of nitrogens with two attached hydrogens (primary N) is 1. The molecule has 1 saturated heterocycles. The molecule has 1 fully saturated rings. The standard InChI is InChI=1S/C23H27N5O2/c24-16-18-6-8-21(9-7-18)27-13-10-20(11-14-27)26-23(30)28(15-12-22(25)29)17-19-4-2-1-3-5-19/h1-9,20H,10-15,17H2,(H2,25,29)(H,26,30). The van der Waals surface area contributed by atoms with E-state index in [0.29, 0.717) is 18.7 Å². The van der Waals surface area contributed by atoms with Crippen LogP contribution in [-0.2, 0) is 11.3 Å². The van der Waals surface area contributed by atoms with Crippen LogP contribution >= 0.6 is 0 Å². The Morgan fingerprint density at radius 2 is 1.77 bits per heavy atom. The zero-order chi connectivity index (χ0) is 21.3. The third kappa shape index (κ3) is 5.98. The van der Waals surface area contributed by atoms with E-state index in [1.54, 1.807) is 4.90 Å². The number of primary amides is 1. The maximum Gasteiger partial charge on any atom is 0.317 e. The molecule has 7 heteroatoms. The number of amides is 3. The van der Waals surface area contributed by atoms with Crippen molar-refractivity contribution in [3.05, 3.63) is 65.7 Å². The van der Waals surface area contributed by atoms with Crippen molar-refractivity contribution in [1.29, 1.82) is 5.26 Å². The molecule has 1 aliphatic heterocycles. The van der Waals surface area contributed by atoms with Crippen molar-refractivity contribution >= 4 is 17.6 Å². The van der Waals surface area contributed by atoms with Gasteiger partial charge >= 0.3 is 6.03 Å². The van der Waals surface area contributed by atoms with Gasteiger partial charge in [-0.25, -0.2) is 4.79 Å². The smallest absolute Gasteiger partial charge is 0.317 e. The summed E-state index contributed by atoms with van der Waals surface area (Å²) in [5.41, 5.74) is 8.03. The van der Waals surface area contributed by atoms with E-state index in [9.17, 15) is 9.59 Å². The number of benzene rings is 2. The predicted octanol–water partition coefficient (Wildman–Crippen LogP) is 2.61. The molecule has 1 aliphatic rings. The first-order valence-corrected chi connectivity index (χ1v) is 10.2. The maximum absolute atomic E-state index is 12.9. The van der Waals surface area contributed by atoms with Gasteiger partial charge in [-0.2, -0.15) is 5.26 Å². The molecule has 0 radical (unpaired) electrons. The van der Waals surface area contributed by atoms with Crippen LogP contribution in [-0.4, -0.2) is 42.5 Å². The van der Waals surface area contributed by atoms with E-state index in [4.69, 9.17) is 11.0 Å². The molecule has 0 saturated carbocycles. The number of nitrogens with one attached hydrogen (secondary N) is 1. The van der Waals surface area contributed by atoms with E-state index in [2.05, 4.69) is 16.3 Å². The van der Waals surface area contributed by atoms with Crippen molar-refractivity contribution in [3.63, 3.8) is 0 Å². The van der Waals surface area contributed by atoms with E-state index >= 15 is 0 Å². The van der Waals surface area contributed by atoms with E-state index in [1.165, 1.54) is 0 Å². The number of anilines is 1. The van der Waals surface area contributed by atoms with Crippen LogP contribution in [0.15, 0.2) is 54.6 Å². The highest BCUT2D eigenvalue weighted by Crippen LogP contribution is 2.20. The highest BCUT2D eigenvalue weighted by molar-refractivity contribution is 5.77. The van der Waals surface area contributed by atoms with Crippen molar-refractivity contribution in [2.75, 3.05) is 24.5 Å². The average molecular weight is 406 g/mol. The molecule has 3 rings (SSSR count). The third-order valence-electron chi connectivity index (χ3n) is 5.32. The Morgan fingerprint density at radius 3 is 2.37 bits per heavy atom. The molecule has 156 valence electrons. The first-order chi connectivity index (χ1) is 14.5. The summed E-state index contributed by atoms with van der Waals surface area (Å²) in [6.45, 7) is 2.39. The maximum atomic E-state index is 12.9. The molecule has 1 heterocycles. The van der Waals surface area contributed by atoms with Crippen molar-refractivity contribution in [1.82, 2.24) is 10.2 Å². The zero-order valence-corrected chi connectivity index (χ0v) is 17.0. The van der Waals surface area contributed by atoms with E-state index in [1.807, 2.05) is 54.6 Å². The largest absolute Gasteiger partial charge is 0.371 e. The highest BCUT2D eigenvalue weighted by Gasteiger charge is 2.23. The number of hydrogen-bond acceptors (Lipinski definition) is 4. The van der Waals surface area contributed by atoms with Crippen molar-refractivity contribution < 1.29 is 9.59 Å². The van der Waals surface area contributed by atoms with Crippen LogP contribution in [0.4, 0.5) is 10.5 Å². The first kappa shape index (κ1) is 21.2. The van der Waals surface area contributed by atoms with Gasteiger partial charge < -0.3 is 20.9 Å². The molecule has 7 nitrogen and oxygen atoms in total. The van der Waals surface area contributed by atoms with Crippen molar-refractivity contribution in [2.45, 2.75) is 31.8 Å². The summed E-state index contributed by atoms with van der Waals surface area (Å²) in [7, 11) is 0. The summed E-state index contributed by atoms with van der Waals surface area (Å²) in [6, 6.07) is 19.3. The summed E-state index contributed by atoms with van der Waals surface area (Å²) < 4.78 is 0. The van der Waals surface area contributed by atoms with Gasteiger partial charge in [-0.15, -0.1) is 0 Å². The van der Waals surface area contributed by atoms with Gasteiger partial charge in [-0.05, 0) is 42.7 Å². The molecule has 0 bridgehead atoms. The number of nitriles is 1. The van der Waals surface area contributed by atoms with Gasteiger partial charge in [0.1, 0.15) is 0 Å². The van der Waals surface area contributed by atoms with Gasteiger partial charge in [-0.1, -0.05) is 30.3 Å². The van der Waals surface area contributed by atoms with Crippen LogP contribution in [0.25, 0.3) is 0 Å². The number of piperidine rings is 1. The molecule has 2 aromatic rings. The van der Waals surface area contributed by atoms with Crippen molar-refractivity contribution in [3.8, 4) is 6.07 Å². The number of carbonyl (C=O) groups is 2. The molecule has 0 unspecified atom stereocenters. The summed E-state index contributed by atoms with van der Waals surface area (Å²) >= 11 is 0. The summed E-state index contributed by atoms with van der Waals surface area (Å²) in [4.78, 5) is 28.0. The first-order valence-electron chi connectivity index (χ1n) is 10.2. The SMILES string of the molecule is N#Cc1ccc(N2CCC(NC(=O)N(CCC(N)=O)Cc3ccccc3)CC2)cc1. The number of nitrogens with zero attached hydrogens (tertiary/aromatic N) is 3. The Morgan fingerprint density at radius 1 is 1.10 bits per heavy atom. The molecule has 0 spiro atoms. The number of urea groups is 1. The van der Waals surface area contributed by atoms with Crippen molar-refractivity contribution in [2.24, 2.45) is 5.73 Å². The minimum Gasteiger partial charge on any atom is -0.371 e. The molecule has 3 N–H and O–H groups in total. The Labute approximate surface area is 177 Å². The number of carbonyl (C=O) groups excluding carboxylic acids is 2.